The van der Waals surface area contributed by atoms with Crippen molar-refractivity contribution in [3.05, 3.63) is 23.8 Å². The minimum atomic E-state index is -1.30. The van der Waals surface area contributed by atoms with Crippen LogP contribution in [0.25, 0.3) is 0 Å². The number of nitrogens with zero attached hydrogens (tertiary/aromatic N) is 1. The van der Waals surface area contributed by atoms with Gasteiger partial charge < -0.3 is 19.5 Å². The number of amides is 1. The Labute approximate surface area is 239 Å². The highest BCUT2D eigenvalue weighted by atomic mass is 16.6. The summed E-state index contributed by atoms with van der Waals surface area (Å²) in [6.45, 7) is 9.71. The fraction of sp³-hybridized carbons (Fsp3) is 0.750. The normalized spacial score (nSPS) is 34.0. The molecule has 3 aliphatic heterocycles. The van der Waals surface area contributed by atoms with Gasteiger partial charge in [0.25, 0.3) is 0 Å². The van der Waals surface area contributed by atoms with Crippen molar-refractivity contribution in [3.63, 3.8) is 0 Å². The Bertz CT molecular complexity index is 988. The van der Waals surface area contributed by atoms with Gasteiger partial charge in [0.15, 0.2) is 5.78 Å². The summed E-state index contributed by atoms with van der Waals surface area (Å²) < 4.78 is 12.4. The van der Waals surface area contributed by atoms with Crippen molar-refractivity contribution in [2.24, 2.45) is 11.8 Å². The van der Waals surface area contributed by atoms with Crippen LogP contribution in [0.15, 0.2) is 23.8 Å². The minimum Gasteiger partial charge on any atom is -0.455 e. The Morgan fingerprint density at radius 2 is 1.88 bits per heavy atom. The fourth-order valence-electron chi connectivity index (χ4n) is 6.26. The molecule has 0 aromatic heterocycles. The molecule has 0 aromatic rings. The number of carbonyl (C=O) groups excluding carboxylic acids is 4. The Hall–Kier alpha value is -2.32. The van der Waals surface area contributed by atoms with Gasteiger partial charge in [-0.1, -0.05) is 32.9 Å². The topological polar surface area (TPSA) is 110 Å². The van der Waals surface area contributed by atoms with E-state index in [0.29, 0.717) is 45.1 Å². The van der Waals surface area contributed by atoms with Crippen LogP contribution in [-0.4, -0.2) is 69.9 Å². The van der Waals surface area contributed by atoms with E-state index < -0.39 is 23.7 Å². The second-order valence-electron chi connectivity index (χ2n) is 12.3. The van der Waals surface area contributed by atoms with Crippen LogP contribution in [0.3, 0.4) is 0 Å². The van der Waals surface area contributed by atoms with E-state index in [4.69, 9.17) is 9.47 Å². The van der Waals surface area contributed by atoms with Crippen LogP contribution in [0.2, 0.25) is 0 Å². The number of rotatable bonds is 4. The molecule has 0 aliphatic carbocycles. The Kier molecular flexibility index (Phi) is 11.7. The molecule has 2 fully saturated rings. The Morgan fingerprint density at radius 3 is 2.60 bits per heavy atom. The molecule has 7 atom stereocenters. The zero-order valence-electron chi connectivity index (χ0n) is 25.0. The number of aliphatic hydroxyl groups excluding tert-OH is 1. The molecule has 0 spiro atoms. The molecule has 2 saturated heterocycles. The zero-order chi connectivity index (χ0) is 29.4. The summed E-state index contributed by atoms with van der Waals surface area (Å²) in [7, 11) is 0. The van der Waals surface area contributed by atoms with Crippen molar-refractivity contribution >= 4 is 23.4 Å². The maximum atomic E-state index is 13.5. The summed E-state index contributed by atoms with van der Waals surface area (Å²) >= 11 is 0. The first-order valence-electron chi connectivity index (χ1n) is 15.2. The number of Topliss-reactive ketones (excluding diaryl/α,β-unsaturated/α-hetero) is 2. The summed E-state index contributed by atoms with van der Waals surface area (Å²) in [6, 6.07) is -0.740. The van der Waals surface area contributed by atoms with Gasteiger partial charge in [0, 0.05) is 25.3 Å². The van der Waals surface area contributed by atoms with E-state index in [1.807, 2.05) is 26.8 Å². The average molecular weight is 560 g/mol. The highest BCUT2D eigenvalue weighted by Gasteiger charge is 2.45. The second kappa shape index (κ2) is 14.5. The molecule has 40 heavy (non-hydrogen) atoms. The number of carbonyl (C=O) groups is 4. The summed E-state index contributed by atoms with van der Waals surface area (Å²) in [5.74, 6) is -0.956. The van der Waals surface area contributed by atoms with Gasteiger partial charge >= 0.3 is 5.97 Å². The fourth-order valence-corrected chi connectivity index (χ4v) is 6.26. The third kappa shape index (κ3) is 8.35. The second-order valence-corrected chi connectivity index (χ2v) is 12.3. The van der Waals surface area contributed by atoms with Crippen molar-refractivity contribution in [2.45, 2.75) is 135 Å². The number of ether oxygens (including phenoxy) is 2. The third-order valence-electron chi connectivity index (χ3n) is 8.97. The number of allylic oxidation sites excluding steroid dienone is 3. The molecule has 0 saturated carbocycles. The van der Waals surface area contributed by atoms with Crippen LogP contribution in [0.1, 0.15) is 105 Å². The third-order valence-corrected chi connectivity index (χ3v) is 8.97. The lowest BCUT2D eigenvalue weighted by atomic mass is 9.82. The molecular weight excluding hydrogens is 510 g/mol. The van der Waals surface area contributed by atoms with Crippen LogP contribution < -0.4 is 0 Å². The van der Waals surface area contributed by atoms with E-state index in [2.05, 4.69) is 0 Å². The van der Waals surface area contributed by atoms with Crippen molar-refractivity contribution < 1.29 is 33.8 Å². The molecule has 3 heterocycles. The first-order chi connectivity index (χ1) is 18.9. The smallest absolute Gasteiger partial charge is 0.329 e. The highest BCUT2D eigenvalue weighted by Crippen LogP contribution is 2.36. The number of ketones is 2. The van der Waals surface area contributed by atoms with Gasteiger partial charge in [-0.2, -0.15) is 0 Å². The van der Waals surface area contributed by atoms with Crippen LogP contribution in [0.5, 0.6) is 0 Å². The maximum Gasteiger partial charge on any atom is 0.329 e. The lowest BCUT2D eigenvalue weighted by molar-refractivity contribution is -0.182. The van der Waals surface area contributed by atoms with E-state index in [-0.39, 0.29) is 47.9 Å². The number of esters is 1. The lowest BCUT2D eigenvalue weighted by Gasteiger charge is -2.38. The van der Waals surface area contributed by atoms with Gasteiger partial charge in [-0.25, -0.2) is 4.79 Å². The lowest BCUT2D eigenvalue weighted by Crippen LogP contribution is -2.51. The molecule has 0 aromatic carbocycles. The average Bonchev–Trinajstić information content (AvgIpc) is 3.60. The van der Waals surface area contributed by atoms with Gasteiger partial charge in [0.1, 0.15) is 23.5 Å². The Balaban J connectivity index is 1.86. The van der Waals surface area contributed by atoms with Crippen LogP contribution >= 0.6 is 0 Å². The summed E-state index contributed by atoms with van der Waals surface area (Å²) in [4.78, 5) is 53.1. The molecule has 1 amide bonds. The summed E-state index contributed by atoms with van der Waals surface area (Å²) in [6.07, 6.45) is 10.4. The van der Waals surface area contributed by atoms with Gasteiger partial charge in [0.05, 0.1) is 12.2 Å². The van der Waals surface area contributed by atoms with Crippen LogP contribution in [-0.2, 0) is 28.7 Å². The predicted octanol–water partition coefficient (Wildman–Crippen LogP) is 4.86. The monoisotopic (exact) mass is 559 g/mol. The molecule has 8 nitrogen and oxygen atoms in total. The largest absolute Gasteiger partial charge is 0.455 e. The van der Waals surface area contributed by atoms with Gasteiger partial charge in [0.2, 0.25) is 5.91 Å². The van der Waals surface area contributed by atoms with Gasteiger partial charge in [-0.15, -0.1) is 0 Å². The van der Waals surface area contributed by atoms with E-state index >= 15 is 0 Å². The van der Waals surface area contributed by atoms with Crippen molar-refractivity contribution in [1.29, 1.82) is 0 Å². The molecular formula is C32H49NO7. The van der Waals surface area contributed by atoms with Crippen molar-refractivity contribution in [3.8, 4) is 0 Å². The number of hydrogen-bond donors (Lipinski definition) is 1. The molecule has 8 heteroatoms. The number of fused-ring (bicyclic) bond motifs is 3. The quantitative estimate of drug-likeness (QED) is 0.490. The molecule has 224 valence electrons. The van der Waals surface area contributed by atoms with E-state index in [1.165, 1.54) is 11.0 Å². The predicted molar refractivity (Wildman–Crippen MR) is 152 cm³/mol. The van der Waals surface area contributed by atoms with Crippen LogP contribution in [0.4, 0.5) is 0 Å². The van der Waals surface area contributed by atoms with Gasteiger partial charge in [-0.3, -0.25) is 14.4 Å². The molecule has 3 rings (SSSR count). The van der Waals surface area contributed by atoms with Crippen molar-refractivity contribution in [1.82, 2.24) is 4.90 Å². The summed E-state index contributed by atoms with van der Waals surface area (Å²) in [5.41, 5.74) is -0.534. The number of cyclic esters (lactones) is 1. The minimum absolute atomic E-state index is 0.0350. The van der Waals surface area contributed by atoms with Crippen molar-refractivity contribution in [2.75, 3.05) is 6.54 Å². The highest BCUT2D eigenvalue weighted by molar-refractivity contribution is 5.96. The van der Waals surface area contributed by atoms with Gasteiger partial charge in [-0.05, 0) is 89.2 Å². The standard InChI is InChI=1S/C32H49NO7/c1-6-24(34)19-28(35)32(5)20-23(4)27-17-16-25(39-27)13-9-12-22(3)30(37)21(2)11-7-8-15-29(36)33-18-10-14-26(33)31(38)40-32/h8,12,15,21,23,25-28,35H,6-7,9-11,13-14,16-20H2,1-5H3/t21?,23?,25?,26-,27?,28?,32?/m0/s1. The zero-order valence-corrected chi connectivity index (χ0v) is 25.0. The summed E-state index contributed by atoms with van der Waals surface area (Å²) in [5, 5.41) is 11.2. The molecule has 6 unspecified atom stereocenters. The molecule has 3 aliphatic rings. The molecule has 2 bridgehead atoms. The first-order valence-corrected chi connectivity index (χ1v) is 15.2. The Morgan fingerprint density at radius 1 is 1.12 bits per heavy atom. The first kappa shape index (κ1) is 32.2. The SMILES string of the molecule is CCC(=O)CC(O)C1(C)CC(C)C2CCC(CCC=C(C)C(=O)C(C)CCC=CC(=O)N3CCC[C@H]3C(=O)O1)O2. The molecule has 0 radical (unpaired) electrons. The van der Waals surface area contributed by atoms with E-state index in [1.54, 1.807) is 19.9 Å². The number of aliphatic hydroxyl groups is 1. The van der Waals surface area contributed by atoms with Crippen LogP contribution in [0, 0.1) is 11.8 Å². The van der Waals surface area contributed by atoms with E-state index in [0.717, 1.165) is 31.3 Å². The number of hydrogen-bond acceptors (Lipinski definition) is 7. The maximum absolute atomic E-state index is 13.5. The molecule has 1 N–H and O–H groups in total. The van der Waals surface area contributed by atoms with E-state index in [9.17, 15) is 24.3 Å².